The Hall–Kier alpha value is -4.24. The second kappa shape index (κ2) is 8.60. The molecule has 34 heavy (non-hydrogen) atoms. The van der Waals surface area contributed by atoms with Crippen molar-refractivity contribution in [2.24, 2.45) is 0 Å². The van der Waals surface area contributed by atoms with Gasteiger partial charge >= 0.3 is 12.2 Å². The fourth-order valence-corrected chi connectivity index (χ4v) is 3.02. The standard InChI is InChI=1S/C21H11ClF4N4O4/c22-16-9-14(32-15-5-6-28-12(7-15)10-27)2-3-17(16)29-30(11-31)13-1-4-18-19(8-13)34-21(25,26)20(23,24)33-18/h1-9,11,29H. The molecule has 1 N–H and O–H groups in total. The van der Waals surface area contributed by atoms with E-state index in [0.717, 1.165) is 17.1 Å². The second-order valence-electron chi connectivity index (χ2n) is 6.69. The van der Waals surface area contributed by atoms with Gasteiger partial charge in [-0.05, 0) is 30.3 Å². The van der Waals surface area contributed by atoms with Crippen LogP contribution in [0.25, 0.3) is 0 Å². The summed E-state index contributed by atoms with van der Waals surface area (Å²) in [6.07, 6.45) is -8.05. The predicted octanol–water partition coefficient (Wildman–Crippen LogP) is 5.35. The third-order valence-electron chi connectivity index (χ3n) is 4.39. The van der Waals surface area contributed by atoms with Crippen LogP contribution < -0.4 is 24.6 Å². The zero-order valence-corrected chi connectivity index (χ0v) is 17.4. The number of hydrazine groups is 1. The van der Waals surface area contributed by atoms with Crippen molar-refractivity contribution in [3.05, 3.63) is 65.4 Å². The Kier molecular flexibility index (Phi) is 5.80. The molecule has 1 aromatic heterocycles. The van der Waals surface area contributed by atoms with E-state index in [2.05, 4.69) is 19.9 Å². The molecule has 0 saturated heterocycles. The first-order chi connectivity index (χ1) is 16.1. The Balaban J connectivity index is 1.53. The number of hydrogen-bond donors (Lipinski definition) is 1. The van der Waals surface area contributed by atoms with E-state index in [1.54, 1.807) is 0 Å². The lowest BCUT2D eigenvalue weighted by Crippen LogP contribution is -2.52. The maximum Gasteiger partial charge on any atom is 0.507 e. The van der Waals surface area contributed by atoms with Crippen molar-refractivity contribution < 1.29 is 36.6 Å². The number of pyridine rings is 1. The molecule has 2 aromatic carbocycles. The highest BCUT2D eigenvalue weighted by Crippen LogP contribution is 2.47. The summed E-state index contributed by atoms with van der Waals surface area (Å²) in [5, 5.41) is 9.88. The average molecular weight is 495 g/mol. The number of rotatable bonds is 6. The highest BCUT2D eigenvalue weighted by molar-refractivity contribution is 6.33. The molecule has 0 saturated carbocycles. The molecule has 1 aliphatic rings. The van der Waals surface area contributed by atoms with Gasteiger partial charge in [0.2, 0.25) is 6.41 Å². The first kappa shape index (κ1) is 22.9. The van der Waals surface area contributed by atoms with Crippen molar-refractivity contribution in [3.8, 4) is 29.1 Å². The highest BCUT2D eigenvalue weighted by atomic mass is 35.5. The van der Waals surface area contributed by atoms with Crippen molar-refractivity contribution in [1.29, 1.82) is 5.26 Å². The topological polar surface area (TPSA) is 96.7 Å². The van der Waals surface area contributed by atoms with Gasteiger partial charge in [-0.3, -0.25) is 10.2 Å². The van der Waals surface area contributed by atoms with Gasteiger partial charge in [0.25, 0.3) is 0 Å². The number of carbonyl (C=O) groups is 1. The van der Waals surface area contributed by atoms with Crippen LogP contribution in [-0.2, 0) is 4.79 Å². The molecule has 0 spiro atoms. The molecule has 2 heterocycles. The van der Waals surface area contributed by atoms with E-state index in [1.807, 2.05) is 6.07 Å². The Morgan fingerprint density at radius 3 is 2.41 bits per heavy atom. The van der Waals surface area contributed by atoms with E-state index in [-0.39, 0.29) is 22.1 Å². The number of aromatic nitrogens is 1. The molecular formula is C21H11ClF4N4O4. The number of carbonyl (C=O) groups excluding carboxylic acids is 1. The lowest BCUT2D eigenvalue weighted by Gasteiger charge is -2.32. The predicted molar refractivity (Wildman–Crippen MR) is 110 cm³/mol. The summed E-state index contributed by atoms with van der Waals surface area (Å²) < 4.78 is 67.3. The van der Waals surface area contributed by atoms with Crippen molar-refractivity contribution in [2.45, 2.75) is 12.2 Å². The second-order valence-corrected chi connectivity index (χ2v) is 7.10. The molecule has 8 nitrogen and oxygen atoms in total. The van der Waals surface area contributed by atoms with Crippen molar-refractivity contribution in [3.63, 3.8) is 0 Å². The van der Waals surface area contributed by atoms with Gasteiger partial charge in [0, 0.05) is 24.4 Å². The summed E-state index contributed by atoms with van der Waals surface area (Å²) >= 11 is 6.25. The number of nitriles is 1. The van der Waals surface area contributed by atoms with E-state index in [1.165, 1.54) is 42.6 Å². The third kappa shape index (κ3) is 4.46. The molecule has 0 radical (unpaired) electrons. The number of ether oxygens (including phenoxy) is 3. The van der Waals surface area contributed by atoms with Crippen LogP contribution in [0.4, 0.5) is 28.9 Å². The van der Waals surface area contributed by atoms with Gasteiger partial charge in [-0.2, -0.15) is 22.8 Å². The molecule has 3 aromatic rings. The smallest absolute Gasteiger partial charge is 0.457 e. The number of amides is 1. The Labute approximate surface area is 193 Å². The number of halogens is 5. The fourth-order valence-electron chi connectivity index (χ4n) is 2.81. The Morgan fingerprint density at radius 1 is 1.03 bits per heavy atom. The molecule has 1 amide bonds. The quantitative estimate of drug-likeness (QED) is 0.280. The van der Waals surface area contributed by atoms with E-state index in [0.29, 0.717) is 17.9 Å². The summed E-state index contributed by atoms with van der Waals surface area (Å²) in [7, 11) is 0. The van der Waals surface area contributed by atoms with Crippen molar-refractivity contribution >= 4 is 29.4 Å². The number of hydrogen-bond acceptors (Lipinski definition) is 7. The number of benzene rings is 2. The Morgan fingerprint density at radius 2 is 1.74 bits per heavy atom. The summed E-state index contributed by atoms with van der Waals surface area (Å²) in [6, 6.07) is 12.3. The zero-order chi connectivity index (χ0) is 24.5. The molecule has 4 rings (SSSR count). The molecule has 0 fully saturated rings. The van der Waals surface area contributed by atoms with Gasteiger partial charge in [-0.15, -0.1) is 0 Å². The van der Waals surface area contributed by atoms with Crippen molar-refractivity contribution in [2.75, 3.05) is 10.4 Å². The number of alkyl halides is 4. The zero-order valence-electron chi connectivity index (χ0n) is 16.6. The minimum atomic E-state index is -4.90. The van der Waals surface area contributed by atoms with E-state index in [9.17, 15) is 22.4 Å². The molecule has 0 atom stereocenters. The molecular weight excluding hydrogens is 484 g/mol. The molecule has 13 heteroatoms. The monoisotopic (exact) mass is 494 g/mol. The first-order valence-corrected chi connectivity index (χ1v) is 9.62. The van der Waals surface area contributed by atoms with Gasteiger partial charge in [0.1, 0.15) is 23.3 Å². The van der Waals surface area contributed by atoms with E-state index < -0.39 is 23.7 Å². The van der Waals surface area contributed by atoms with Crippen LogP contribution in [0.2, 0.25) is 5.02 Å². The van der Waals surface area contributed by atoms with Gasteiger partial charge < -0.3 is 14.2 Å². The number of fused-ring (bicyclic) bond motifs is 1. The maximum absolute atomic E-state index is 13.5. The van der Waals surface area contributed by atoms with Crippen LogP contribution in [0.5, 0.6) is 23.0 Å². The molecule has 0 unspecified atom stereocenters. The van der Waals surface area contributed by atoms with Gasteiger partial charge in [-0.25, -0.2) is 9.99 Å². The number of anilines is 2. The van der Waals surface area contributed by atoms with Gasteiger partial charge in [0.15, 0.2) is 11.5 Å². The lowest BCUT2D eigenvalue weighted by molar-refractivity contribution is -0.391. The van der Waals surface area contributed by atoms with E-state index >= 15 is 0 Å². The summed E-state index contributed by atoms with van der Waals surface area (Å²) in [5.41, 5.74) is 3.01. The van der Waals surface area contributed by atoms with Crippen LogP contribution in [0.15, 0.2) is 54.7 Å². The summed E-state index contributed by atoms with van der Waals surface area (Å²) in [4.78, 5) is 15.4. The SMILES string of the molecule is N#Cc1cc(Oc2ccc(NN(C=O)c3ccc4c(c3)OC(F)(F)C(F)(F)O4)c(Cl)c2)ccn1. The molecule has 174 valence electrons. The van der Waals surface area contributed by atoms with Crippen LogP contribution in [0, 0.1) is 11.3 Å². The Bertz CT molecular complexity index is 1300. The number of nitrogens with zero attached hydrogens (tertiary/aromatic N) is 3. The molecule has 1 aliphatic heterocycles. The minimum Gasteiger partial charge on any atom is -0.457 e. The summed E-state index contributed by atoms with van der Waals surface area (Å²) in [6.45, 7) is 0. The molecule has 0 bridgehead atoms. The first-order valence-electron chi connectivity index (χ1n) is 9.24. The van der Waals surface area contributed by atoms with Crippen LogP contribution >= 0.6 is 11.6 Å². The number of nitrogens with one attached hydrogen (secondary N) is 1. The minimum absolute atomic E-state index is 0.0319. The largest absolute Gasteiger partial charge is 0.507 e. The molecule has 0 aliphatic carbocycles. The van der Waals surface area contributed by atoms with Crippen LogP contribution in [0.1, 0.15) is 5.69 Å². The lowest BCUT2D eigenvalue weighted by atomic mass is 10.2. The van der Waals surface area contributed by atoms with Gasteiger partial charge in [0.05, 0.1) is 16.4 Å². The maximum atomic E-state index is 13.5. The average Bonchev–Trinajstić information content (AvgIpc) is 2.79. The van der Waals surface area contributed by atoms with E-state index in [4.69, 9.17) is 21.6 Å². The van der Waals surface area contributed by atoms with Crippen LogP contribution in [0.3, 0.4) is 0 Å². The van der Waals surface area contributed by atoms with Crippen LogP contribution in [-0.4, -0.2) is 23.6 Å². The normalized spacial score (nSPS) is 15.1. The highest BCUT2D eigenvalue weighted by Gasteiger charge is 2.65. The third-order valence-corrected chi connectivity index (χ3v) is 4.70. The van der Waals surface area contributed by atoms with Gasteiger partial charge in [-0.1, -0.05) is 11.6 Å². The summed E-state index contributed by atoms with van der Waals surface area (Å²) in [5.74, 6) is -0.658. The van der Waals surface area contributed by atoms with Crippen molar-refractivity contribution in [1.82, 2.24) is 4.98 Å². The fraction of sp³-hybridized carbons (Fsp3) is 0.0952.